The molecule has 0 spiro atoms. The smallest absolute Gasteiger partial charge is 0.336 e. The van der Waals surface area contributed by atoms with Gasteiger partial charge in [0.2, 0.25) is 0 Å². The van der Waals surface area contributed by atoms with Crippen molar-refractivity contribution in [3.05, 3.63) is 58.6 Å². The molecule has 28 heavy (non-hydrogen) atoms. The molecule has 2 N–H and O–H groups in total. The molecule has 2 aliphatic rings. The fraction of sp³-hybridized carbons (Fsp3) is 0.364. The number of carbonyl (C=O) groups is 2. The average molecular weight is 380 g/mol. The van der Waals surface area contributed by atoms with Gasteiger partial charge in [-0.05, 0) is 48.9 Å². The molecule has 0 radical (unpaired) electrons. The van der Waals surface area contributed by atoms with E-state index in [1.54, 1.807) is 7.11 Å². The van der Waals surface area contributed by atoms with Crippen LogP contribution in [0, 0.1) is 0 Å². The molecule has 4 rings (SSSR count). The summed E-state index contributed by atoms with van der Waals surface area (Å²) in [5.41, 5.74) is 4.82. The Morgan fingerprint density at radius 3 is 2.89 bits per heavy atom. The van der Waals surface area contributed by atoms with E-state index in [9.17, 15) is 9.59 Å². The Morgan fingerprint density at radius 2 is 2.07 bits per heavy atom. The zero-order valence-electron chi connectivity index (χ0n) is 16.1. The second kappa shape index (κ2) is 7.64. The van der Waals surface area contributed by atoms with Gasteiger partial charge in [0.05, 0.1) is 12.2 Å². The molecule has 0 fully saturated rings. The largest absolute Gasteiger partial charge is 0.460 e. The van der Waals surface area contributed by atoms with Crippen molar-refractivity contribution in [2.45, 2.75) is 32.1 Å². The third-order valence-electron chi connectivity index (χ3n) is 5.43. The first kappa shape index (κ1) is 18.5. The first-order valence-electron chi connectivity index (χ1n) is 9.57. The molecular formula is C22H24N2O4. The number of esters is 1. The number of aromatic nitrogens is 1. The lowest BCUT2D eigenvalue weighted by Crippen LogP contribution is -2.34. The molecule has 1 aliphatic heterocycles. The number of benzene rings is 1. The third kappa shape index (κ3) is 3.24. The van der Waals surface area contributed by atoms with E-state index in [0.717, 1.165) is 40.7 Å². The van der Waals surface area contributed by atoms with Gasteiger partial charge in [-0.1, -0.05) is 6.07 Å². The van der Waals surface area contributed by atoms with Gasteiger partial charge in [0.15, 0.2) is 5.78 Å². The van der Waals surface area contributed by atoms with Crippen LogP contribution in [0.3, 0.4) is 0 Å². The second-order valence-corrected chi connectivity index (χ2v) is 7.22. The number of nitrogens with one attached hydrogen (secondary N) is 2. The molecule has 0 bridgehead atoms. The predicted molar refractivity (Wildman–Crippen MR) is 106 cm³/mol. The highest BCUT2D eigenvalue weighted by Crippen LogP contribution is 2.43. The summed E-state index contributed by atoms with van der Waals surface area (Å²) >= 11 is 0. The van der Waals surface area contributed by atoms with Gasteiger partial charge in [-0.3, -0.25) is 4.79 Å². The van der Waals surface area contributed by atoms with Crippen LogP contribution < -0.4 is 5.32 Å². The molecule has 6 nitrogen and oxygen atoms in total. The number of carbonyl (C=O) groups excluding carboxylic acids is 2. The predicted octanol–water partition coefficient (Wildman–Crippen LogP) is 3.33. The monoisotopic (exact) mass is 380 g/mol. The van der Waals surface area contributed by atoms with Crippen molar-refractivity contribution < 1.29 is 19.1 Å². The Hall–Kier alpha value is -2.86. The summed E-state index contributed by atoms with van der Waals surface area (Å²) in [5, 5.41) is 4.35. The van der Waals surface area contributed by atoms with Gasteiger partial charge in [-0.15, -0.1) is 0 Å². The van der Waals surface area contributed by atoms with Crippen LogP contribution in [0.15, 0.2) is 53.0 Å². The number of hydrogen-bond donors (Lipinski definition) is 2. The molecule has 1 aromatic carbocycles. The summed E-state index contributed by atoms with van der Waals surface area (Å²) < 4.78 is 10.4. The first-order chi connectivity index (χ1) is 13.6. The summed E-state index contributed by atoms with van der Waals surface area (Å²) in [4.78, 5) is 29.0. The molecule has 146 valence electrons. The SMILES string of the molecule is COCCOC(=O)C1=C(C)NC2=C(C(=O)CCC2)C1c1ccc2[nH]ccc2c1. The molecule has 2 aromatic rings. The minimum Gasteiger partial charge on any atom is -0.460 e. The van der Waals surface area contributed by atoms with Gasteiger partial charge in [-0.2, -0.15) is 0 Å². The van der Waals surface area contributed by atoms with Crippen molar-refractivity contribution in [1.82, 2.24) is 10.3 Å². The number of H-pyrrole nitrogens is 1. The van der Waals surface area contributed by atoms with Crippen molar-refractivity contribution in [3.8, 4) is 0 Å². The number of ketones is 1. The summed E-state index contributed by atoms with van der Waals surface area (Å²) in [6.07, 6.45) is 4.03. The van der Waals surface area contributed by atoms with Crippen molar-refractivity contribution in [2.24, 2.45) is 0 Å². The third-order valence-corrected chi connectivity index (χ3v) is 5.43. The van der Waals surface area contributed by atoms with Crippen LogP contribution in [0.4, 0.5) is 0 Å². The van der Waals surface area contributed by atoms with E-state index < -0.39 is 11.9 Å². The fourth-order valence-electron chi connectivity index (χ4n) is 4.13. The van der Waals surface area contributed by atoms with E-state index >= 15 is 0 Å². The van der Waals surface area contributed by atoms with Gasteiger partial charge in [0.1, 0.15) is 6.61 Å². The molecule has 0 saturated carbocycles. The highest BCUT2D eigenvalue weighted by molar-refractivity contribution is 6.04. The second-order valence-electron chi connectivity index (χ2n) is 7.22. The van der Waals surface area contributed by atoms with Gasteiger partial charge in [0, 0.05) is 48.1 Å². The van der Waals surface area contributed by atoms with Crippen molar-refractivity contribution in [1.29, 1.82) is 0 Å². The summed E-state index contributed by atoms with van der Waals surface area (Å²) in [6, 6.07) is 8.01. The Labute approximate surface area is 163 Å². The number of Topliss-reactive ketones (excluding diaryl/α,β-unsaturated/α-hetero) is 1. The standard InChI is InChI=1S/C22H24N2O4/c1-13-19(22(26)28-11-10-27-2)20(21-17(24-13)4-3-5-18(21)25)15-6-7-16-14(12-15)8-9-23-16/h6-9,12,20,23-24H,3-5,10-11H2,1-2H3. The lowest BCUT2D eigenvalue weighted by atomic mass is 9.75. The maximum atomic E-state index is 12.9. The van der Waals surface area contributed by atoms with E-state index in [1.807, 2.05) is 37.4 Å². The van der Waals surface area contributed by atoms with Crippen molar-refractivity contribution >= 4 is 22.7 Å². The normalized spacial score (nSPS) is 19.6. The minimum atomic E-state index is -0.418. The summed E-state index contributed by atoms with van der Waals surface area (Å²) in [6.45, 7) is 2.38. The maximum absolute atomic E-state index is 12.9. The molecule has 0 saturated heterocycles. The van der Waals surface area contributed by atoms with E-state index in [0.29, 0.717) is 24.2 Å². The van der Waals surface area contributed by atoms with Crippen molar-refractivity contribution in [2.75, 3.05) is 20.3 Å². The van der Waals surface area contributed by atoms with Crippen LogP contribution in [0.25, 0.3) is 10.9 Å². The zero-order valence-corrected chi connectivity index (χ0v) is 16.1. The van der Waals surface area contributed by atoms with E-state index in [-0.39, 0.29) is 12.4 Å². The van der Waals surface area contributed by atoms with E-state index in [2.05, 4.69) is 10.3 Å². The van der Waals surface area contributed by atoms with Crippen LogP contribution in [-0.4, -0.2) is 37.1 Å². The lowest BCUT2D eigenvalue weighted by Gasteiger charge is -2.34. The summed E-state index contributed by atoms with van der Waals surface area (Å²) in [5.74, 6) is -0.729. The van der Waals surface area contributed by atoms with Crippen molar-refractivity contribution in [3.63, 3.8) is 0 Å². The quantitative estimate of drug-likeness (QED) is 0.614. The molecule has 1 aromatic heterocycles. The van der Waals surface area contributed by atoms with Gasteiger partial charge >= 0.3 is 5.97 Å². The molecule has 2 heterocycles. The number of ether oxygens (including phenoxy) is 2. The van der Waals surface area contributed by atoms with E-state index in [4.69, 9.17) is 9.47 Å². The van der Waals surface area contributed by atoms with Gasteiger partial charge < -0.3 is 19.8 Å². The number of allylic oxidation sites excluding steroid dienone is 3. The van der Waals surface area contributed by atoms with Crippen LogP contribution in [-0.2, 0) is 19.1 Å². The minimum absolute atomic E-state index is 0.0996. The number of hydrogen-bond acceptors (Lipinski definition) is 5. The van der Waals surface area contributed by atoms with Crippen LogP contribution in [0.2, 0.25) is 0 Å². The van der Waals surface area contributed by atoms with Crippen LogP contribution in [0.5, 0.6) is 0 Å². The molecule has 0 amide bonds. The Kier molecular flexibility index (Phi) is 5.05. The maximum Gasteiger partial charge on any atom is 0.336 e. The number of fused-ring (bicyclic) bond motifs is 1. The Balaban J connectivity index is 1.80. The van der Waals surface area contributed by atoms with Gasteiger partial charge in [-0.25, -0.2) is 4.79 Å². The Morgan fingerprint density at radius 1 is 1.21 bits per heavy atom. The number of rotatable bonds is 5. The highest BCUT2D eigenvalue weighted by atomic mass is 16.6. The number of aromatic amines is 1. The van der Waals surface area contributed by atoms with E-state index in [1.165, 1.54) is 0 Å². The molecule has 6 heteroatoms. The first-order valence-corrected chi connectivity index (χ1v) is 9.57. The lowest BCUT2D eigenvalue weighted by molar-refractivity contribution is -0.140. The number of methoxy groups -OCH3 is 1. The van der Waals surface area contributed by atoms with Crippen LogP contribution >= 0.6 is 0 Å². The average Bonchev–Trinajstić information content (AvgIpc) is 3.15. The fourth-order valence-corrected chi connectivity index (χ4v) is 4.13. The molecular weight excluding hydrogens is 356 g/mol. The van der Waals surface area contributed by atoms with Gasteiger partial charge in [0.25, 0.3) is 0 Å². The molecule has 1 aliphatic carbocycles. The topological polar surface area (TPSA) is 80.4 Å². The molecule has 1 unspecified atom stereocenters. The molecule has 1 atom stereocenters. The summed E-state index contributed by atoms with van der Waals surface area (Å²) in [7, 11) is 1.56. The zero-order chi connectivity index (χ0) is 19.7. The Bertz CT molecular complexity index is 999. The number of dihydropyridines is 1. The van der Waals surface area contributed by atoms with Crippen LogP contribution in [0.1, 0.15) is 37.7 Å². The highest BCUT2D eigenvalue weighted by Gasteiger charge is 2.39.